The number of phenolic OH excluding ortho intramolecular Hbond substituents is 1. The summed E-state index contributed by atoms with van der Waals surface area (Å²) in [4.78, 5) is 14.5. The Balaban J connectivity index is 1.56. The van der Waals surface area contributed by atoms with Crippen LogP contribution in [0, 0.1) is 6.92 Å². The quantitative estimate of drug-likeness (QED) is 0.661. The molecule has 0 fully saturated rings. The lowest BCUT2D eigenvalue weighted by Crippen LogP contribution is -2.34. The molecule has 0 aromatic heterocycles. The van der Waals surface area contributed by atoms with Crippen LogP contribution in [-0.2, 0) is 12.8 Å². The van der Waals surface area contributed by atoms with Gasteiger partial charge in [-0.3, -0.25) is 4.79 Å². The molecular formula is C21H23N3O2. The van der Waals surface area contributed by atoms with E-state index in [1.165, 1.54) is 11.3 Å². The molecule has 5 heteroatoms. The first-order chi connectivity index (χ1) is 12.6. The van der Waals surface area contributed by atoms with Gasteiger partial charge in [-0.25, -0.2) is 5.43 Å². The Labute approximate surface area is 153 Å². The lowest BCUT2D eigenvalue weighted by Gasteiger charge is -2.37. The number of amides is 1. The van der Waals surface area contributed by atoms with Crippen molar-refractivity contribution in [3.8, 4) is 5.75 Å². The van der Waals surface area contributed by atoms with E-state index in [1.54, 1.807) is 18.3 Å². The average molecular weight is 349 g/mol. The standard InChI is InChI=1S/C21H23N3O2/c1-14-6-8-15(9-7-14)21(26)23-22-13-17-12-16-4-2-10-24-11-3-5-18(19(16)24)20(17)25/h6-9,12-13,25H,2-5,10-11H2,1H3,(H,23,26)/b22-13+. The van der Waals surface area contributed by atoms with Gasteiger partial charge in [0.2, 0.25) is 0 Å². The minimum Gasteiger partial charge on any atom is -0.507 e. The Morgan fingerprint density at radius 3 is 2.69 bits per heavy atom. The molecular weight excluding hydrogens is 326 g/mol. The number of nitrogens with one attached hydrogen (secondary N) is 1. The summed E-state index contributed by atoms with van der Waals surface area (Å²) in [6, 6.07) is 9.34. The molecule has 2 heterocycles. The molecule has 0 spiro atoms. The summed E-state index contributed by atoms with van der Waals surface area (Å²) in [5.74, 6) is 0.0369. The molecule has 0 radical (unpaired) electrons. The second-order valence-electron chi connectivity index (χ2n) is 7.06. The minimum absolute atomic E-state index is 0.258. The van der Waals surface area contributed by atoms with Crippen LogP contribution < -0.4 is 10.3 Å². The van der Waals surface area contributed by atoms with Gasteiger partial charge in [-0.05, 0) is 56.4 Å². The van der Waals surface area contributed by atoms with Crippen molar-refractivity contribution >= 4 is 17.8 Å². The highest BCUT2D eigenvalue weighted by molar-refractivity contribution is 5.95. The van der Waals surface area contributed by atoms with Crippen LogP contribution in [-0.4, -0.2) is 30.3 Å². The molecule has 1 amide bonds. The topological polar surface area (TPSA) is 64.9 Å². The third-order valence-electron chi connectivity index (χ3n) is 5.21. The maximum absolute atomic E-state index is 12.1. The molecule has 2 aromatic carbocycles. The predicted octanol–water partition coefficient (Wildman–Crippen LogP) is 3.16. The monoisotopic (exact) mass is 349 g/mol. The van der Waals surface area contributed by atoms with Gasteiger partial charge in [0, 0.05) is 35.5 Å². The molecule has 2 aliphatic heterocycles. The molecule has 0 saturated heterocycles. The van der Waals surface area contributed by atoms with Crippen molar-refractivity contribution in [2.75, 3.05) is 18.0 Å². The van der Waals surface area contributed by atoms with Gasteiger partial charge in [0.15, 0.2) is 0 Å². The summed E-state index contributed by atoms with van der Waals surface area (Å²) in [6.07, 6.45) is 5.66. The van der Waals surface area contributed by atoms with Crippen LogP contribution >= 0.6 is 0 Å². The van der Waals surface area contributed by atoms with Crippen LogP contribution in [0.2, 0.25) is 0 Å². The summed E-state index contributed by atoms with van der Waals surface area (Å²) in [5, 5.41) is 14.7. The number of carbonyl (C=O) groups excluding carboxylic acids is 1. The van der Waals surface area contributed by atoms with E-state index in [0.29, 0.717) is 16.9 Å². The second-order valence-corrected chi connectivity index (χ2v) is 7.06. The van der Waals surface area contributed by atoms with Gasteiger partial charge >= 0.3 is 0 Å². The summed E-state index contributed by atoms with van der Waals surface area (Å²) in [6.45, 7) is 4.12. The lowest BCUT2D eigenvalue weighted by atomic mass is 9.89. The molecule has 2 N–H and O–H groups in total. The Morgan fingerprint density at radius 1 is 1.19 bits per heavy atom. The van der Waals surface area contributed by atoms with Gasteiger partial charge in [0.05, 0.1) is 6.21 Å². The van der Waals surface area contributed by atoms with Crippen molar-refractivity contribution in [3.63, 3.8) is 0 Å². The fraction of sp³-hybridized carbons (Fsp3) is 0.333. The van der Waals surface area contributed by atoms with Crippen molar-refractivity contribution in [1.29, 1.82) is 0 Å². The third kappa shape index (κ3) is 3.05. The number of hydrogen-bond donors (Lipinski definition) is 2. The highest BCUT2D eigenvalue weighted by Crippen LogP contribution is 2.41. The van der Waals surface area contributed by atoms with Gasteiger partial charge in [0.1, 0.15) is 5.75 Å². The first-order valence-corrected chi connectivity index (χ1v) is 9.16. The zero-order chi connectivity index (χ0) is 18.1. The summed E-state index contributed by atoms with van der Waals surface area (Å²) in [5.41, 5.74) is 8.41. The molecule has 2 aliphatic rings. The fourth-order valence-corrected chi connectivity index (χ4v) is 3.90. The highest BCUT2D eigenvalue weighted by Gasteiger charge is 2.27. The molecule has 0 atom stereocenters. The second kappa shape index (κ2) is 6.83. The van der Waals surface area contributed by atoms with E-state index in [-0.39, 0.29) is 5.91 Å². The number of aromatic hydroxyl groups is 1. The van der Waals surface area contributed by atoms with Crippen LogP contribution in [0.1, 0.15) is 45.5 Å². The van der Waals surface area contributed by atoms with Gasteiger partial charge in [0.25, 0.3) is 5.91 Å². The lowest BCUT2D eigenvalue weighted by molar-refractivity contribution is 0.0955. The SMILES string of the molecule is Cc1ccc(C(=O)N/N=C/c2cc3c4c(c2O)CCCN4CCC3)cc1. The molecule has 5 nitrogen and oxygen atoms in total. The van der Waals surface area contributed by atoms with Crippen molar-refractivity contribution in [2.24, 2.45) is 5.10 Å². The molecule has 0 bridgehead atoms. The number of rotatable bonds is 3. The number of aryl methyl sites for hydroxylation is 2. The number of phenols is 1. The number of benzene rings is 2. The van der Waals surface area contributed by atoms with Crippen LogP contribution in [0.4, 0.5) is 5.69 Å². The van der Waals surface area contributed by atoms with Crippen molar-refractivity contribution in [1.82, 2.24) is 5.43 Å². The number of hydrazone groups is 1. The maximum atomic E-state index is 12.1. The first kappa shape index (κ1) is 16.6. The van der Waals surface area contributed by atoms with Gasteiger partial charge < -0.3 is 10.0 Å². The Hall–Kier alpha value is -2.82. The van der Waals surface area contributed by atoms with E-state index >= 15 is 0 Å². The average Bonchev–Trinajstić information content (AvgIpc) is 2.66. The van der Waals surface area contributed by atoms with E-state index < -0.39 is 0 Å². The van der Waals surface area contributed by atoms with E-state index in [0.717, 1.165) is 49.9 Å². The predicted molar refractivity (Wildman–Crippen MR) is 103 cm³/mol. The summed E-state index contributed by atoms with van der Waals surface area (Å²) in [7, 11) is 0. The van der Waals surface area contributed by atoms with E-state index in [2.05, 4.69) is 15.4 Å². The van der Waals surface area contributed by atoms with E-state index in [9.17, 15) is 9.90 Å². The molecule has 0 saturated carbocycles. The third-order valence-corrected chi connectivity index (χ3v) is 5.21. The zero-order valence-corrected chi connectivity index (χ0v) is 15.0. The van der Waals surface area contributed by atoms with Crippen LogP contribution in [0.3, 0.4) is 0 Å². The van der Waals surface area contributed by atoms with E-state index in [1.807, 2.05) is 25.1 Å². The summed E-state index contributed by atoms with van der Waals surface area (Å²) < 4.78 is 0. The van der Waals surface area contributed by atoms with Crippen molar-refractivity contribution < 1.29 is 9.90 Å². The molecule has 0 aliphatic carbocycles. The fourth-order valence-electron chi connectivity index (χ4n) is 3.90. The molecule has 2 aromatic rings. The van der Waals surface area contributed by atoms with Crippen LogP contribution in [0.15, 0.2) is 35.4 Å². The Bertz CT molecular complexity index is 870. The normalized spacial score (nSPS) is 15.8. The molecule has 4 rings (SSSR count). The van der Waals surface area contributed by atoms with Gasteiger partial charge in [-0.15, -0.1) is 0 Å². The Kier molecular flexibility index (Phi) is 4.37. The number of nitrogens with zero attached hydrogens (tertiary/aromatic N) is 2. The summed E-state index contributed by atoms with van der Waals surface area (Å²) >= 11 is 0. The first-order valence-electron chi connectivity index (χ1n) is 9.16. The number of carbonyl (C=O) groups is 1. The van der Waals surface area contributed by atoms with Crippen molar-refractivity contribution in [2.45, 2.75) is 32.6 Å². The zero-order valence-electron chi connectivity index (χ0n) is 15.0. The van der Waals surface area contributed by atoms with Crippen LogP contribution in [0.5, 0.6) is 5.75 Å². The molecule has 26 heavy (non-hydrogen) atoms. The molecule has 134 valence electrons. The largest absolute Gasteiger partial charge is 0.507 e. The Morgan fingerprint density at radius 2 is 1.92 bits per heavy atom. The van der Waals surface area contributed by atoms with Gasteiger partial charge in [-0.1, -0.05) is 17.7 Å². The molecule has 0 unspecified atom stereocenters. The van der Waals surface area contributed by atoms with Crippen LogP contribution in [0.25, 0.3) is 0 Å². The highest BCUT2D eigenvalue weighted by atomic mass is 16.3. The number of hydrogen-bond acceptors (Lipinski definition) is 4. The smallest absolute Gasteiger partial charge is 0.271 e. The maximum Gasteiger partial charge on any atom is 0.271 e. The van der Waals surface area contributed by atoms with E-state index in [4.69, 9.17) is 0 Å². The van der Waals surface area contributed by atoms with Crippen molar-refractivity contribution in [3.05, 3.63) is 58.1 Å². The number of anilines is 1. The van der Waals surface area contributed by atoms with Gasteiger partial charge in [-0.2, -0.15) is 5.10 Å². The minimum atomic E-state index is -0.258.